The number of aromatic nitrogens is 7. The molecule has 1 aliphatic heterocycles. The smallest absolute Gasteiger partial charge is 0.387 e. The monoisotopic (exact) mass is 607 g/mol. The standard InChI is InChI=1S/C29H31F2N9O4/c1-37-10-3-7-29(42,8-12-37)18-39-16-20(14-33-39)43-19-5-6-24(44-28(30)31)21(13-19)25-23(17-38(2)36-25)35-27(41)22-15-34-40-11-4-9-32-26(22)40/h4-6,9,11,13-17,28,42H,3,7-8,10,12,18H2,1-2H3,(H,35,41). The van der Waals surface area contributed by atoms with Crippen molar-refractivity contribution in [3.05, 3.63) is 67.0 Å². The predicted octanol–water partition coefficient (Wildman–Crippen LogP) is 3.82. The van der Waals surface area contributed by atoms with Crippen LogP contribution in [-0.2, 0) is 13.6 Å². The molecule has 1 aromatic carbocycles. The van der Waals surface area contributed by atoms with Gasteiger partial charge in [-0.05, 0) is 57.1 Å². The van der Waals surface area contributed by atoms with E-state index < -0.39 is 18.1 Å². The van der Waals surface area contributed by atoms with Gasteiger partial charge in [-0.1, -0.05) is 0 Å². The number of nitrogens with one attached hydrogen (secondary N) is 1. The first kappa shape index (κ1) is 29.2. The van der Waals surface area contributed by atoms with Crippen molar-refractivity contribution in [3.8, 4) is 28.5 Å². The minimum Gasteiger partial charge on any atom is -0.454 e. The first-order chi connectivity index (χ1) is 21.2. The van der Waals surface area contributed by atoms with E-state index in [1.165, 1.54) is 39.8 Å². The highest BCUT2D eigenvalue weighted by atomic mass is 19.3. The van der Waals surface area contributed by atoms with Crippen LogP contribution >= 0.6 is 0 Å². The Bertz CT molecular complexity index is 1790. The molecule has 13 nitrogen and oxygen atoms in total. The van der Waals surface area contributed by atoms with Crippen LogP contribution in [0.5, 0.6) is 17.2 Å². The number of fused-ring (bicyclic) bond motifs is 1. The molecule has 4 aromatic heterocycles. The zero-order chi connectivity index (χ0) is 30.8. The molecule has 2 N–H and O–H groups in total. The number of benzene rings is 1. The summed E-state index contributed by atoms with van der Waals surface area (Å²) in [5.41, 5.74) is 0.294. The van der Waals surface area contributed by atoms with Crippen molar-refractivity contribution in [2.24, 2.45) is 7.05 Å². The normalized spacial score (nSPS) is 17.6. The van der Waals surface area contributed by atoms with E-state index in [1.54, 1.807) is 42.6 Å². The van der Waals surface area contributed by atoms with Gasteiger partial charge in [0.1, 0.15) is 22.8 Å². The number of aliphatic hydroxyl groups is 1. The lowest BCUT2D eigenvalue weighted by Gasteiger charge is -2.26. The van der Waals surface area contributed by atoms with Gasteiger partial charge in [0.15, 0.2) is 11.4 Å². The number of hydrogen-bond acceptors (Lipinski definition) is 9. The predicted molar refractivity (Wildman–Crippen MR) is 155 cm³/mol. The second kappa shape index (κ2) is 12.0. The first-order valence-electron chi connectivity index (χ1n) is 14.0. The molecular formula is C29H31F2N9O4. The fourth-order valence-corrected chi connectivity index (χ4v) is 5.31. The summed E-state index contributed by atoms with van der Waals surface area (Å²) >= 11 is 0. The number of halogens is 2. The van der Waals surface area contributed by atoms with Crippen molar-refractivity contribution < 1.29 is 28.2 Å². The van der Waals surface area contributed by atoms with Crippen molar-refractivity contribution >= 4 is 17.2 Å². The van der Waals surface area contributed by atoms with E-state index in [0.717, 1.165) is 19.5 Å². The number of hydrogen-bond donors (Lipinski definition) is 2. The quantitative estimate of drug-likeness (QED) is 0.256. The molecule has 1 fully saturated rings. The van der Waals surface area contributed by atoms with Crippen LogP contribution in [0.15, 0.2) is 61.4 Å². The van der Waals surface area contributed by atoms with Crippen LogP contribution in [0, 0.1) is 0 Å². The average Bonchev–Trinajstić information content (AvgIpc) is 3.68. The Morgan fingerprint density at radius 3 is 2.84 bits per heavy atom. The summed E-state index contributed by atoms with van der Waals surface area (Å²) in [7, 11) is 3.68. The van der Waals surface area contributed by atoms with Crippen LogP contribution in [0.3, 0.4) is 0 Å². The van der Waals surface area contributed by atoms with Gasteiger partial charge in [-0.3, -0.25) is 14.2 Å². The van der Waals surface area contributed by atoms with E-state index in [1.807, 2.05) is 7.05 Å². The molecule has 1 saturated heterocycles. The Morgan fingerprint density at radius 2 is 2.00 bits per heavy atom. The maximum atomic E-state index is 13.4. The van der Waals surface area contributed by atoms with Crippen LogP contribution in [0.4, 0.5) is 14.5 Å². The molecular weight excluding hydrogens is 576 g/mol. The third kappa shape index (κ3) is 6.38. The molecule has 0 spiro atoms. The Hall–Kier alpha value is -4.89. The number of alkyl halides is 2. The molecule has 1 atom stereocenters. The highest BCUT2D eigenvalue weighted by Crippen LogP contribution is 2.39. The highest BCUT2D eigenvalue weighted by Gasteiger charge is 2.30. The van der Waals surface area contributed by atoms with Crippen molar-refractivity contribution in [2.75, 3.05) is 25.5 Å². The molecule has 0 radical (unpaired) electrons. The number of rotatable bonds is 9. The summed E-state index contributed by atoms with van der Waals surface area (Å²) < 4.78 is 42.1. The van der Waals surface area contributed by atoms with E-state index >= 15 is 0 Å². The van der Waals surface area contributed by atoms with Gasteiger partial charge in [0.05, 0.1) is 42.0 Å². The van der Waals surface area contributed by atoms with Gasteiger partial charge < -0.3 is 24.8 Å². The molecule has 15 heteroatoms. The van der Waals surface area contributed by atoms with Gasteiger partial charge in [0.2, 0.25) is 0 Å². The summed E-state index contributed by atoms with van der Waals surface area (Å²) in [6, 6.07) is 6.02. The van der Waals surface area contributed by atoms with Gasteiger partial charge in [0, 0.05) is 32.2 Å². The largest absolute Gasteiger partial charge is 0.454 e. The molecule has 1 amide bonds. The molecule has 44 heavy (non-hydrogen) atoms. The fourth-order valence-electron chi connectivity index (χ4n) is 5.31. The summed E-state index contributed by atoms with van der Waals surface area (Å²) in [6.07, 6.45) is 11.5. The molecule has 1 aliphatic rings. The number of aryl methyl sites for hydroxylation is 1. The number of nitrogens with zero attached hydrogens (tertiary/aromatic N) is 8. The minimum atomic E-state index is -3.10. The minimum absolute atomic E-state index is 0.157. The summed E-state index contributed by atoms with van der Waals surface area (Å²) in [4.78, 5) is 19.6. The molecule has 0 aliphatic carbocycles. The summed E-state index contributed by atoms with van der Waals surface area (Å²) in [5, 5.41) is 26.8. The number of carbonyl (C=O) groups is 1. The Labute approximate surface area is 250 Å². The highest BCUT2D eigenvalue weighted by molar-refractivity contribution is 6.09. The zero-order valence-electron chi connectivity index (χ0n) is 24.1. The molecule has 5 heterocycles. The third-order valence-corrected chi connectivity index (χ3v) is 7.47. The SMILES string of the molecule is CN1CCCC(O)(Cn2cc(Oc3ccc(OC(F)F)c(-c4nn(C)cc4NC(=O)c4cnn5cccnc45)c3)cn2)CC1. The van der Waals surface area contributed by atoms with E-state index in [-0.39, 0.29) is 28.3 Å². The van der Waals surface area contributed by atoms with Crippen LogP contribution in [0.1, 0.15) is 29.6 Å². The molecule has 0 bridgehead atoms. The Morgan fingerprint density at radius 1 is 1.14 bits per heavy atom. The topological polar surface area (TPSA) is 137 Å². The maximum absolute atomic E-state index is 13.4. The second-order valence-electron chi connectivity index (χ2n) is 10.9. The fraction of sp³-hybridized carbons (Fsp3) is 0.345. The summed E-state index contributed by atoms with van der Waals surface area (Å²) in [5.74, 6) is 0.0233. The van der Waals surface area contributed by atoms with Gasteiger partial charge in [-0.25, -0.2) is 9.50 Å². The second-order valence-corrected chi connectivity index (χ2v) is 10.9. The number of ether oxygens (including phenoxy) is 2. The summed E-state index contributed by atoms with van der Waals surface area (Å²) in [6.45, 7) is -1.05. The Kier molecular flexibility index (Phi) is 7.97. The van der Waals surface area contributed by atoms with E-state index in [0.29, 0.717) is 36.5 Å². The molecule has 6 rings (SSSR count). The van der Waals surface area contributed by atoms with E-state index in [4.69, 9.17) is 9.47 Å². The first-order valence-corrected chi connectivity index (χ1v) is 14.0. The van der Waals surface area contributed by atoms with E-state index in [9.17, 15) is 18.7 Å². The van der Waals surface area contributed by atoms with Crippen LogP contribution in [0.2, 0.25) is 0 Å². The van der Waals surface area contributed by atoms with Crippen LogP contribution < -0.4 is 14.8 Å². The third-order valence-electron chi connectivity index (χ3n) is 7.47. The number of amides is 1. The Balaban J connectivity index is 1.26. The molecule has 0 saturated carbocycles. The van der Waals surface area contributed by atoms with Gasteiger partial charge >= 0.3 is 6.61 Å². The average molecular weight is 608 g/mol. The van der Waals surface area contributed by atoms with Crippen LogP contribution in [-0.4, -0.2) is 82.4 Å². The van der Waals surface area contributed by atoms with Crippen molar-refractivity contribution in [2.45, 2.75) is 38.0 Å². The maximum Gasteiger partial charge on any atom is 0.387 e. The molecule has 230 valence electrons. The number of likely N-dealkylation sites (tertiary alicyclic amines) is 1. The van der Waals surface area contributed by atoms with Crippen molar-refractivity contribution in [1.82, 2.24) is 39.1 Å². The van der Waals surface area contributed by atoms with Crippen LogP contribution in [0.25, 0.3) is 16.9 Å². The number of carbonyl (C=O) groups excluding carboxylic acids is 1. The number of anilines is 1. The molecule has 5 aromatic rings. The zero-order valence-corrected chi connectivity index (χ0v) is 24.1. The van der Waals surface area contributed by atoms with Gasteiger partial charge in [-0.2, -0.15) is 24.1 Å². The van der Waals surface area contributed by atoms with Gasteiger partial charge in [0.25, 0.3) is 5.91 Å². The van der Waals surface area contributed by atoms with Crippen molar-refractivity contribution in [3.63, 3.8) is 0 Å². The lowest BCUT2D eigenvalue weighted by Crippen LogP contribution is -2.35. The molecule has 1 unspecified atom stereocenters. The lowest BCUT2D eigenvalue weighted by atomic mass is 9.95. The van der Waals surface area contributed by atoms with Crippen molar-refractivity contribution in [1.29, 1.82) is 0 Å². The van der Waals surface area contributed by atoms with Gasteiger partial charge in [-0.15, -0.1) is 0 Å². The van der Waals surface area contributed by atoms with E-state index in [2.05, 4.69) is 30.5 Å². The lowest BCUT2D eigenvalue weighted by molar-refractivity contribution is -0.0495.